The fraction of sp³-hybridized carbons (Fsp3) is 0.938. The Bertz CT molecular complexity index is 331. The maximum absolute atomic E-state index is 11.5. The van der Waals surface area contributed by atoms with Crippen LogP contribution in [0.4, 0.5) is 0 Å². The van der Waals surface area contributed by atoms with Gasteiger partial charge in [0.2, 0.25) is 0 Å². The first kappa shape index (κ1) is 15.8. The van der Waals surface area contributed by atoms with Gasteiger partial charge in [0.15, 0.2) is 0 Å². The van der Waals surface area contributed by atoms with Gasteiger partial charge >= 0.3 is 5.97 Å². The second-order valence-electron chi connectivity index (χ2n) is 7.41. The van der Waals surface area contributed by atoms with Crippen molar-refractivity contribution in [3.63, 3.8) is 0 Å². The monoisotopic (exact) mass is 283 g/mol. The summed E-state index contributed by atoms with van der Waals surface area (Å²) in [7, 11) is 0. The zero-order valence-electron chi connectivity index (χ0n) is 13.1. The van der Waals surface area contributed by atoms with E-state index >= 15 is 0 Å². The molecule has 4 heteroatoms. The minimum atomic E-state index is -0.649. The molecule has 0 aliphatic carbocycles. The van der Waals surface area contributed by atoms with Crippen LogP contribution in [0.2, 0.25) is 0 Å². The van der Waals surface area contributed by atoms with E-state index in [0.717, 1.165) is 51.9 Å². The molecule has 0 radical (unpaired) electrons. The van der Waals surface area contributed by atoms with Crippen LogP contribution in [0.25, 0.3) is 0 Å². The van der Waals surface area contributed by atoms with E-state index in [1.165, 1.54) is 0 Å². The van der Waals surface area contributed by atoms with Gasteiger partial charge in [-0.1, -0.05) is 20.8 Å². The van der Waals surface area contributed by atoms with E-state index in [2.05, 4.69) is 25.7 Å². The molecule has 0 aromatic heterocycles. The predicted molar refractivity (Wildman–Crippen MR) is 78.8 cm³/mol. The summed E-state index contributed by atoms with van der Waals surface area (Å²) in [4.78, 5) is 13.7. The first-order valence-corrected chi connectivity index (χ1v) is 7.96. The molecule has 116 valence electrons. The summed E-state index contributed by atoms with van der Waals surface area (Å²) in [5, 5.41) is 9.44. The van der Waals surface area contributed by atoms with E-state index in [-0.39, 0.29) is 11.5 Å². The second kappa shape index (κ2) is 6.44. The average Bonchev–Trinajstić information content (AvgIpc) is 2.84. The van der Waals surface area contributed by atoms with Gasteiger partial charge in [-0.3, -0.25) is 9.69 Å². The summed E-state index contributed by atoms with van der Waals surface area (Å²) < 4.78 is 5.44. The molecule has 2 saturated heterocycles. The van der Waals surface area contributed by atoms with E-state index in [1.54, 1.807) is 0 Å². The standard InChI is InChI=1S/C16H29NO3/c1-16(2,3)14(11-12-6-9-20-10-7-12)17-8-4-5-13(17)15(18)19/h12-14H,4-11H2,1-3H3,(H,18,19). The number of likely N-dealkylation sites (tertiary alicyclic amines) is 1. The van der Waals surface area contributed by atoms with Crippen molar-refractivity contribution in [3.8, 4) is 0 Å². The Balaban J connectivity index is 2.08. The SMILES string of the molecule is CC(C)(C)C(CC1CCOCC1)N1CCCC1C(=O)O. The van der Waals surface area contributed by atoms with E-state index < -0.39 is 5.97 Å². The van der Waals surface area contributed by atoms with Gasteiger partial charge in [-0.15, -0.1) is 0 Å². The molecular formula is C16H29NO3. The van der Waals surface area contributed by atoms with Crippen LogP contribution in [0.15, 0.2) is 0 Å². The van der Waals surface area contributed by atoms with Crippen molar-refractivity contribution in [1.82, 2.24) is 4.90 Å². The highest BCUT2D eigenvalue weighted by Gasteiger charge is 2.41. The number of hydrogen-bond donors (Lipinski definition) is 1. The lowest BCUT2D eigenvalue weighted by molar-refractivity contribution is -0.144. The predicted octanol–water partition coefficient (Wildman–Crippen LogP) is 2.77. The van der Waals surface area contributed by atoms with Gasteiger partial charge in [-0.2, -0.15) is 0 Å². The third-order valence-electron chi connectivity index (χ3n) is 4.88. The molecule has 0 amide bonds. The largest absolute Gasteiger partial charge is 0.480 e. The molecule has 1 N–H and O–H groups in total. The first-order chi connectivity index (χ1) is 9.39. The summed E-state index contributed by atoms with van der Waals surface area (Å²) in [6, 6.07) is 0.0771. The minimum Gasteiger partial charge on any atom is -0.480 e. The van der Waals surface area contributed by atoms with Crippen LogP contribution in [0.3, 0.4) is 0 Å². The second-order valence-corrected chi connectivity index (χ2v) is 7.41. The summed E-state index contributed by atoms with van der Waals surface area (Å²) in [5.74, 6) is 0.0340. The quantitative estimate of drug-likeness (QED) is 0.862. The average molecular weight is 283 g/mol. The van der Waals surface area contributed by atoms with E-state index in [4.69, 9.17) is 4.74 Å². The van der Waals surface area contributed by atoms with Gasteiger partial charge in [-0.05, 0) is 50.0 Å². The number of aliphatic carboxylic acids is 1. The van der Waals surface area contributed by atoms with E-state index in [9.17, 15) is 9.90 Å². The van der Waals surface area contributed by atoms with Crippen molar-refractivity contribution in [1.29, 1.82) is 0 Å². The topological polar surface area (TPSA) is 49.8 Å². The normalized spacial score (nSPS) is 27.6. The smallest absolute Gasteiger partial charge is 0.320 e. The highest BCUT2D eigenvalue weighted by Crippen LogP contribution is 2.36. The highest BCUT2D eigenvalue weighted by atomic mass is 16.5. The Hall–Kier alpha value is -0.610. The molecule has 2 atom stereocenters. The van der Waals surface area contributed by atoms with Crippen molar-refractivity contribution >= 4 is 5.97 Å². The van der Waals surface area contributed by atoms with Crippen LogP contribution in [0.1, 0.15) is 52.9 Å². The van der Waals surface area contributed by atoms with Crippen LogP contribution >= 0.6 is 0 Å². The minimum absolute atomic E-state index is 0.121. The lowest BCUT2D eigenvalue weighted by Crippen LogP contribution is -2.50. The summed E-state index contributed by atoms with van der Waals surface area (Å²) in [6.07, 6.45) is 5.17. The number of carbonyl (C=O) groups is 1. The van der Waals surface area contributed by atoms with Crippen LogP contribution in [0.5, 0.6) is 0 Å². The lowest BCUT2D eigenvalue weighted by atomic mass is 9.78. The zero-order chi connectivity index (χ0) is 14.8. The molecule has 0 aromatic carbocycles. The molecule has 2 fully saturated rings. The molecule has 2 rings (SSSR count). The Labute approximate surface area is 122 Å². The lowest BCUT2D eigenvalue weighted by Gasteiger charge is -2.42. The summed E-state index contributed by atoms with van der Waals surface area (Å²) in [6.45, 7) is 9.40. The van der Waals surface area contributed by atoms with Crippen LogP contribution < -0.4 is 0 Å². The Morgan fingerprint density at radius 3 is 2.50 bits per heavy atom. The van der Waals surface area contributed by atoms with Crippen molar-refractivity contribution < 1.29 is 14.6 Å². The zero-order valence-corrected chi connectivity index (χ0v) is 13.1. The Morgan fingerprint density at radius 2 is 1.95 bits per heavy atom. The maximum Gasteiger partial charge on any atom is 0.320 e. The van der Waals surface area contributed by atoms with Gasteiger partial charge in [-0.25, -0.2) is 0 Å². The summed E-state index contributed by atoms with van der Waals surface area (Å²) in [5.41, 5.74) is 0.121. The molecule has 0 spiro atoms. The Kier molecular flexibility index (Phi) is 5.08. The third kappa shape index (κ3) is 3.73. The first-order valence-electron chi connectivity index (χ1n) is 7.96. The van der Waals surface area contributed by atoms with Gasteiger partial charge < -0.3 is 9.84 Å². The number of hydrogen-bond acceptors (Lipinski definition) is 3. The van der Waals surface area contributed by atoms with Crippen LogP contribution in [-0.2, 0) is 9.53 Å². The molecule has 0 aromatic rings. The molecular weight excluding hydrogens is 254 g/mol. The molecule has 2 aliphatic rings. The van der Waals surface area contributed by atoms with Gasteiger partial charge in [0.1, 0.15) is 6.04 Å². The third-order valence-corrected chi connectivity index (χ3v) is 4.88. The number of carboxylic acid groups (broad SMARTS) is 1. The van der Waals surface area contributed by atoms with Crippen molar-refractivity contribution in [2.24, 2.45) is 11.3 Å². The van der Waals surface area contributed by atoms with Gasteiger partial charge in [0, 0.05) is 19.3 Å². The number of carboxylic acids is 1. The van der Waals surface area contributed by atoms with Crippen molar-refractivity contribution in [2.45, 2.75) is 65.0 Å². The fourth-order valence-corrected chi connectivity index (χ4v) is 3.71. The molecule has 2 aliphatic heterocycles. The maximum atomic E-state index is 11.5. The molecule has 0 bridgehead atoms. The van der Waals surface area contributed by atoms with Crippen LogP contribution in [-0.4, -0.2) is 47.8 Å². The van der Waals surface area contributed by atoms with Crippen molar-refractivity contribution in [3.05, 3.63) is 0 Å². The fourth-order valence-electron chi connectivity index (χ4n) is 3.71. The summed E-state index contributed by atoms with van der Waals surface area (Å²) >= 11 is 0. The van der Waals surface area contributed by atoms with Gasteiger partial charge in [0.25, 0.3) is 0 Å². The van der Waals surface area contributed by atoms with E-state index in [1.807, 2.05) is 0 Å². The van der Waals surface area contributed by atoms with Crippen LogP contribution in [0, 0.1) is 11.3 Å². The van der Waals surface area contributed by atoms with Crippen molar-refractivity contribution in [2.75, 3.05) is 19.8 Å². The molecule has 2 heterocycles. The molecule has 2 unspecified atom stereocenters. The van der Waals surface area contributed by atoms with E-state index in [0.29, 0.717) is 12.0 Å². The number of nitrogens with zero attached hydrogens (tertiary/aromatic N) is 1. The Morgan fingerprint density at radius 1 is 1.30 bits per heavy atom. The number of rotatable bonds is 4. The highest BCUT2D eigenvalue weighted by molar-refractivity contribution is 5.73. The molecule has 4 nitrogen and oxygen atoms in total. The molecule has 0 saturated carbocycles. The molecule has 20 heavy (non-hydrogen) atoms. The number of ether oxygens (including phenoxy) is 1. The van der Waals surface area contributed by atoms with Gasteiger partial charge in [0.05, 0.1) is 0 Å².